The highest BCUT2D eigenvalue weighted by molar-refractivity contribution is 5.76. The summed E-state index contributed by atoms with van der Waals surface area (Å²) in [7, 11) is 0. The molecule has 1 aliphatic heterocycles. The lowest BCUT2D eigenvalue weighted by Gasteiger charge is -2.22. The molecule has 0 radical (unpaired) electrons. The Morgan fingerprint density at radius 1 is 1.56 bits per heavy atom. The molecule has 2 rings (SSSR count). The van der Waals surface area contributed by atoms with Gasteiger partial charge in [-0.25, -0.2) is 4.98 Å². The van der Waals surface area contributed by atoms with Gasteiger partial charge in [0.2, 0.25) is 12.5 Å². The van der Waals surface area contributed by atoms with E-state index >= 15 is 0 Å². The highest BCUT2D eigenvalue weighted by Gasteiger charge is 2.31. The first-order valence-electron chi connectivity index (χ1n) is 6.07. The molecule has 0 aliphatic carbocycles. The first-order chi connectivity index (χ1) is 8.66. The lowest BCUT2D eigenvalue weighted by molar-refractivity contribution is -0.484. The first kappa shape index (κ1) is 12.5. The highest BCUT2D eigenvalue weighted by atomic mass is 16.6. The van der Waals surface area contributed by atoms with Crippen molar-refractivity contribution in [3.05, 3.63) is 28.3 Å². The molecular weight excluding hydrogens is 236 g/mol. The van der Waals surface area contributed by atoms with E-state index in [0.717, 1.165) is 19.3 Å². The smallest absolute Gasteiger partial charge is 0.220 e. The van der Waals surface area contributed by atoms with Crippen molar-refractivity contribution < 1.29 is 9.72 Å². The molecule has 1 amide bonds. The van der Waals surface area contributed by atoms with Crippen LogP contribution in [0.3, 0.4) is 0 Å². The molecule has 18 heavy (non-hydrogen) atoms. The zero-order chi connectivity index (χ0) is 13.0. The van der Waals surface area contributed by atoms with Gasteiger partial charge in [-0.3, -0.25) is 14.9 Å². The number of carbonyl (C=O) groups is 1. The van der Waals surface area contributed by atoms with E-state index in [1.807, 2.05) is 0 Å². The fraction of sp³-hybridized carbons (Fsp3) is 0.636. The number of hydrogen-bond acceptors (Lipinski definition) is 4. The second-order valence-electron chi connectivity index (χ2n) is 4.52. The zero-order valence-corrected chi connectivity index (χ0v) is 9.96. The number of nitrogens with zero attached hydrogens (tertiary/aromatic N) is 2. The largest absolute Gasteiger partial charge is 0.352 e. The Hall–Kier alpha value is -1.92. The van der Waals surface area contributed by atoms with Gasteiger partial charge in [0.1, 0.15) is 11.7 Å². The van der Waals surface area contributed by atoms with Crippen LogP contribution < -0.4 is 5.32 Å². The minimum Gasteiger partial charge on any atom is -0.352 e. The molecule has 1 aliphatic rings. The minimum atomic E-state index is -0.392. The quantitative estimate of drug-likeness (QED) is 0.612. The summed E-state index contributed by atoms with van der Waals surface area (Å²) in [5, 5.41) is 13.6. The Bertz CT molecular complexity index is 418. The van der Waals surface area contributed by atoms with E-state index in [1.54, 1.807) is 12.4 Å². The van der Waals surface area contributed by atoms with E-state index in [-0.39, 0.29) is 23.4 Å². The number of aromatic nitrogens is 2. The van der Waals surface area contributed by atoms with Gasteiger partial charge in [-0.15, -0.1) is 0 Å². The van der Waals surface area contributed by atoms with Crippen LogP contribution in [0, 0.1) is 10.1 Å². The number of nitro groups is 1. The van der Waals surface area contributed by atoms with Gasteiger partial charge in [0, 0.05) is 29.8 Å². The monoisotopic (exact) mass is 252 g/mol. The summed E-state index contributed by atoms with van der Waals surface area (Å²) in [4.78, 5) is 28.9. The molecule has 1 fully saturated rings. The molecule has 2 heterocycles. The molecule has 1 aromatic rings. The first-order valence-corrected chi connectivity index (χ1v) is 6.07. The van der Waals surface area contributed by atoms with Gasteiger partial charge in [-0.05, 0) is 12.8 Å². The summed E-state index contributed by atoms with van der Waals surface area (Å²) in [6, 6.07) is -0.212. The minimum absolute atomic E-state index is 0.0302. The Morgan fingerprint density at radius 2 is 2.39 bits per heavy atom. The third-order valence-corrected chi connectivity index (χ3v) is 3.22. The van der Waals surface area contributed by atoms with Crippen molar-refractivity contribution in [1.29, 1.82) is 0 Å². The number of rotatable bonds is 4. The summed E-state index contributed by atoms with van der Waals surface area (Å²) < 4.78 is 0. The van der Waals surface area contributed by atoms with E-state index in [4.69, 9.17) is 0 Å². The van der Waals surface area contributed by atoms with E-state index in [9.17, 15) is 14.9 Å². The second-order valence-corrected chi connectivity index (χ2v) is 4.52. The van der Waals surface area contributed by atoms with Crippen molar-refractivity contribution >= 4 is 5.91 Å². The van der Waals surface area contributed by atoms with Gasteiger partial charge in [-0.1, -0.05) is 6.42 Å². The van der Waals surface area contributed by atoms with Gasteiger partial charge in [0.15, 0.2) is 0 Å². The average Bonchev–Trinajstić information content (AvgIpc) is 2.75. The predicted octanol–water partition coefficient (Wildman–Crippen LogP) is 0.829. The van der Waals surface area contributed by atoms with Crippen LogP contribution in [0.4, 0.5) is 0 Å². The topological polar surface area (TPSA) is 101 Å². The molecule has 0 saturated carbocycles. The van der Waals surface area contributed by atoms with E-state index in [0.29, 0.717) is 12.2 Å². The maximum Gasteiger partial charge on any atom is 0.220 e. The van der Waals surface area contributed by atoms with Gasteiger partial charge in [-0.2, -0.15) is 0 Å². The van der Waals surface area contributed by atoms with Crippen molar-refractivity contribution in [3.63, 3.8) is 0 Å². The van der Waals surface area contributed by atoms with Crippen LogP contribution >= 0.6 is 0 Å². The zero-order valence-electron chi connectivity index (χ0n) is 9.96. The standard InChI is InChI=1S/C11H16N4O3/c16-10-4-2-1-3-9(14-10)8(7-15(17)18)11-12-5-6-13-11/h5-6,8-9H,1-4,7H2,(H,12,13)(H,14,16). The molecule has 7 heteroatoms. The number of aromatic amines is 1. The molecule has 2 N–H and O–H groups in total. The molecule has 7 nitrogen and oxygen atoms in total. The highest BCUT2D eigenvalue weighted by Crippen LogP contribution is 2.23. The number of H-pyrrole nitrogens is 1. The summed E-state index contributed by atoms with van der Waals surface area (Å²) in [6.45, 7) is -0.224. The molecule has 0 bridgehead atoms. The lowest BCUT2D eigenvalue weighted by atomic mass is 9.95. The van der Waals surface area contributed by atoms with Crippen LogP contribution in [0.1, 0.15) is 37.4 Å². The van der Waals surface area contributed by atoms with Crippen LogP contribution in [0.5, 0.6) is 0 Å². The lowest BCUT2D eigenvalue weighted by Crippen LogP contribution is -2.40. The van der Waals surface area contributed by atoms with Crippen LogP contribution in [0.25, 0.3) is 0 Å². The molecule has 1 aromatic heterocycles. The number of amides is 1. The molecule has 0 spiro atoms. The van der Waals surface area contributed by atoms with Crippen LogP contribution in [-0.4, -0.2) is 33.4 Å². The molecular formula is C11H16N4O3. The molecule has 0 aromatic carbocycles. The fourth-order valence-corrected chi connectivity index (χ4v) is 2.35. The number of hydrogen-bond donors (Lipinski definition) is 2. The van der Waals surface area contributed by atoms with Crippen molar-refractivity contribution in [1.82, 2.24) is 15.3 Å². The van der Waals surface area contributed by atoms with E-state index in [1.165, 1.54) is 0 Å². The molecule has 98 valence electrons. The van der Waals surface area contributed by atoms with Crippen molar-refractivity contribution in [2.75, 3.05) is 6.54 Å². The SMILES string of the molecule is O=C1CCCCC(C(C[N+](=O)[O-])c2ncc[nH]2)N1. The van der Waals surface area contributed by atoms with Crippen molar-refractivity contribution in [2.45, 2.75) is 37.6 Å². The number of carbonyl (C=O) groups excluding carboxylic acids is 1. The maximum atomic E-state index is 11.5. The average molecular weight is 252 g/mol. The fourth-order valence-electron chi connectivity index (χ4n) is 2.35. The van der Waals surface area contributed by atoms with Gasteiger partial charge < -0.3 is 10.3 Å². The number of imidazole rings is 1. The maximum absolute atomic E-state index is 11.5. The summed E-state index contributed by atoms with van der Waals surface area (Å²) >= 11 is 0. The third-order valence-electron chi connectivity index (χ3n) is 3.22. The van der Waals surface area contributed by atoms with Crippen molar-refractivity contribution in [3.8, 4) is 0 Å². The number of nitrogens with one attached hydrogen (secondary N) is 2. The van der Waals surface area contributed by atoms with Crippen LogP contribution in [-0.2, 0) is 4.79 Å². The second kappa shape index (κ2) is 5.61. The van der Waals surface area contributed by atoms with Crippen LogP contribution in [0.2, 0.25) is 0 Å². The summed E-state index contributed by atoms with van der Waals surface area (Å²) in [5.74, 6) is 0.147. The van der Waals surface area contributed by atoms with E-state index < -0.39 is 5.92 Å². The summed E-state index contributed by atoms with van der Waals surface area (Å²) in [5.41, 5.74) is 0. The van der Waals surface area contributed by atoms with Gasteiger partial charge in [0.25, 0.3) is 0 Å². The Balaban J connectivity index is 2.16. The Morgan fingerprint density at radius 3 is 3.06 bits per heavy atom. The van der Waals surface area contributed by atoms with Gasteiger partial charge in [0.05, 0.1) is 0 Å². The summed E-state index contributed by atoms with van der Waals surface area (Å²) in [6.07, 6.45) is 6.20. The van der Waals surface area contributed by atoms with Crippen LogP contribution in [0.15, 0.2) is 12.4 Å². The third kappa shape index (κ3) is 3.06. The normalized spacial score (nSPS) is 22.0. The molecule has 2 unspecified atom stereocenters. The van der Waals surface area contributed by atoms with Gasteiger partial charge >= 0.3 is 0 Å². The molecule has 1 saturated heterocycles. The Labute approximate surface area is 104 Å². The predicted molar refractivity (Wildman–Crippen MR) is 63.6 cm³/mol. The molecule has 2 atom stereocenters. The van der Waals surface area contributed by atoms with E-state index in [2.05, 4.69) is 15.3 Å². The van der Waals surface area contributed by atoms with Crippen molar-refractivity contribution in [2.24, 2.45) is 0 Å². The Kier molecular flexibility index (Phi) is 3.91.